The zero-order chi connectivity index (χ0) is 9.56. The van der Waals surface area contributed by atoms with Crippen LogP contribution >= 0.6 is 0 Å². The molecule has 1 heterocycles. The van der Waals surface area contributed by atoms with E-state index in [-0.39, 0.29) is 0 Å². The minimum absolute atomic E-state index is 0.856. The second-order valence-electron chi connectivity index (χ2n) is 2.38. The first-order chi connectivity index (χ1) is 5.74. The fraction of sp³-hybridized carbons (Fsp3) is 0.600. The average Bonchev–Trinajstić information content (AvgIpc) is 2.08. The number of hydrogen-bond acceptors (Lipinski definition) is 2. The third-order valence-corrected chi connectivity index (χ3v) is 1.58. The van der Waals surface area contributed by atoms with E-state index in [1.54, 1.807) is 0 Å². The predicted octanol–water partition coefficient (Wildman–Crippen LogP) is 2.68. The Balaban J connectivity index is 0.000000561. The highest BCUT2D eigenvalue weighted by molar-refractivity contribution is 5.15. The van der Waals surface area contributed by atoms with E-state index in [1.165, 1.54) is 5.56 Å². The van der Waals surface area contributed by atoms with Crippen LogP contribution in [0.15, 0.2) is 6.20 Å². The van der Waals surface area contributed by atoms with Crippen molar-refractivity contribution >= 4 is 0 Å². The molecule has 0 fully saturated rings. The van der Waals surface area contributed by atoms with Crippen LogP contribution in [0, 0.1) is 13.8 Å². The molecule has 0 amide bonds. The molecule has 1 aromatic rings. The van der Waals surface area contributed by atoms with Crippen LogP contribution in [-0.4, -0.2) is 9.97 Å². The molecule has 0 atom stereocenters. The van der Waals surface area contributed by atoms with Gasteiger partial charge in [0.15, 0.2) is 0 Å². The fourth-order valence-electron chi connectivity index (χ4n) is 0.955. The van der Waals surface area contributed by atoms with Crippen molar-refractivity contribution in [2.45, 2.75) is 41.0 Å². The molecule has 2 heteroatoms. The first kappa shape index (κ1) is 11.1. The van der Waals surface area contributed by atoms with Crippen molar-refractivity contribution in [3.63, 3.8) is 0 Å². The van der Waals surface area contributed by atoms with Gasteiger partial charge in [0.1, 0.15) is 5.82 Å². The lowest BCUT2D eigenvalue weighted by Gasteiger charge is -2.00. The number of aryl methyl sites for hydroxylation is 3. The van der Waals surface area contributed by atoms with Crippen molar-refractivity contribution in [3.8, 4) is 0 Å². The molecular weight excluding hydrogens is 148 g/mol. The van der Waals surface area contributed by atoms with Gasteiger partial charge in [-0.3, -0.25) is 0 Å². The van der Waals surface area contributed by atoms with Gasteiger partial charge in [0, 0.05) is 11.9 Å². The van der Waals surface area contributed by atoms with Gasteiger partial charge in [-0.05, 0) is 25.8 Å². The summed E-state index contributed by atoms with van der Waals surface area (Å²) in [4.78, 5) is 8.33. The zero-order valence-electron chi connectivity index (χ0n) is 8.68. The Morgan fingerprint density at radius 3 is 2.25 bits per heavy atom. The highest BCUT2D eigenvalue weighted by atomic mass is 14.9. The lowest BCUT2D eigenvalue weighted by molar-refractivity contribution is 0.947. The molecule has 12 heavy (non-hydrogen) atoms. The molecule has 0 N–H and O–H groups in total. The lowest BCUT2D eigenvalue weighted by Crippen LogP contribution is -1.95. The van der Waals surface area contributed by atoms with Crippen molar-refractivity contribution in [2.75, 3.05) is 0 Å². The van der Waals surface area contributed by atoms with Crippen LogP contribution in [0.25, 0.3) is 0 Å². The molecule has 0 unspecified atom stereocenters. The second-order valence-corrected chi connectivity index (χ2v) is 2.38. The molecule has 0 spiro atoms. The van der Waals surface area contributed by atoms with Gasteiger partial charge in [0.05, 0.1) is 0 Å². The molecule has 1 aromatic heterocycles. The summed E-state index contributed by atoms with van der Waals surface area (Å²) in [6, 6.07) is 0. The van der Waals surface area contributed by atoms with Crippen LogP contribution in [0.2, 0.25) is 0 Å². The standard InChI is InChI=1S/C8H12N2.C2H6/c1-4-8-5-9-7(3)10-6(8)2;1-2/h5H,4H2,1-3H3;1-2H3. The molecule has 68 valence electrons. The van der Waals surface area contributed by atoms with Gasteiger partial charge in [-0.1, -0.05) is 20.8 Å². The van der Waals surface area contributed by atoms with Crippen LogP contribution < -0.4 is 0 Å². The fourth-order valence-corrected chi connectivity index (χ4v) is 0.955. The first-order valence-corrected chi connectivity index (χ1v) is 4.53. The number of aromatic nitrogens is 2. The molecule has 0 bridgehead atoms. The van der Waals surface area contributed by atoms with Crippen LogP contribution in [-0.2, 0) is 6.42 Å². The van der Waals surface area contributed by atoms with Gasteiger partial charge in [0.25, 0.3) is 0 Å². The van der Waals surface area contributed by atoms with Gasteiger partial charge < -0.3 is 0 Å². The summed E-state index contributed by atoms with van der Waals surface area (Å²) < 4.78 is 0. The van der Waals surface area contributed by atoms with E-state index in [2.05, 4.69) is 16.9 Å². The van der Waals surface area contributed by atoms with E-state index in [9.17, 15) is 0 Å². The Kier molecular flexibility index (Phi) is 5.26. The Labute approximate surface area is 75.1 Å². The van der Waals surface area contributed by atoms with Crippen LogP contribution in [0.1, 0.15) is 37.9 Å². The van der Waals surface area contributed by atoms with Crippen molar-refractivity contribution in [1.29, 1.82) is 0 Å². The maximum atomic E-state index is 4.23. The predicted molar refractivity (Wildman–Crippen MR) is 52.2 cm³/mol. The summed E-state index contributed by atoms with van der Waals surface area (Å²) in [5.41, 5.74) is 2.35. The summed E-state index contributed by atoms with van der Waals surface area (Å²) in [6.45, 7) is 10.0. The van der Waals surface area contributed by atoms with E-state index < -0.39 is 0 Å². The van der Waals surface area contributed by atoms with Crippen molar-refractivity contribution in [2.24, 2.45) is 0 Å². The van der Waals surface area contributed by atoms with Gasteiger partial charge in [-0.2, -0.15) is 0 Å². The molecule has 0 saturated heterocycles. The largest absolute Gasteiger partial charge is 0.241 e. The minimum Gasteiger partial charge on any atom is -0.241 e. The smallest absolute Gasteiger partial charge is 0.125 e. The third kappa shape index (κ3) is 2.99. The normalized spacial score (nSPS) is 8.75. The Bertz CT molecular complexity index is 231. The summed E-state index contributed by atoms with van der Waals surface area (Å²) in [5, 5.41) is 0. The van der Waals surface area contributed by atoms with E-state index >= 15 is 0 Å². The lowest BCUT2D eigenvalue weighted by atomic mass is 10.2. The SMILES string of the molecule is CC.CCc1cnc(C)nc1C. The van der Waals surface area contributed by atoms with Crippen LogP contribution in [0.5, 0.6) is 0 Å². The van der Waals surface area contributed by atoms with Crippen molar-refractivity contribution < 1.29 is 0 Å². The molecule has 0 aliphatic heterocycles. The van der Waals surface area contributed by atoms with E-state index in [1.807, 2.05) is 33.9 Å². The topological polar surface area (TPSA) is 25.8 Å². The van der Waals surface area contributed by atoms with Gasteiger partial charge in [0.2, 0.25) is 0 Å². The minimum atomic E-state index is 0.856. The monoisotopic (exact) mass is 166 g/mol. The highest BCUT2D eigenvalue weighted by Gasteiger charge is 1.96. The van der Waals surface area contributed by atoms with Crippen molar-refractivity contribution in [1.82, 2.24) is 9.97 Å². The molecule has 2 nitrogen and oxygen atoms in total. The molecular formula is C10H18N2. The van der Waals surface area contributed by atoms with Crippen LogP contribution in [0.4, 0.5) is 0 Å². The molecule has 0 saturated carbocycles. The van der Waals surface area contributed by atoms with E-state index in [0.29, 0.717) is 0 Å². The van der Waals surface area contributed by atoms with Crippen molar-refractivity contribution in [3.05, 3.63) is 23.3 Å². The Hall–Kier alpha value is -0.920. The summed E-state index contributed by atoms with van der Waals surface area (Å²) >= 11 is 0. The highest BCUT2D eigenvalue weighted by Crippen LogP contribution is 2.03. The summed E-state index contributed by atoms with van der Waals surface area (Å²) in [7, 11) is 0. The average molecular weight is 166 g/mol. The first-order valence-electron chi connectivity index (χ1n) is 4.53. The zero-order valence-corrected chi connectivity index (χ0v) is 8.68. The Morgan fingerprint density at radius 2 is 1.83 bits per heavy atom. The number of hydrogen-bond donors (Lipinski definition) is 0. The van der Waals surface area contributed by atoms with Gasteiger partial charge in [-0.15, -0.1) is 0 Å². The molecule has 0 radical (unpaired) electrons. The molecule has 0 aromatic carbocycles. The molecule has 0 aliphatic rings. The quantitative estimate of drug-likeness (QED) is 0.641. The number of rotatable bonds is 1. The number of nitrogens with zero attached hydrogens (tertiary/aromatic N) is 2. The van der Waals surface area contributed by atoms with Gasteiger partial charge >= 0.3 is 0 Å². The van der Waals surface area contributed by atoms with Crippen LogP contribution in [0.3, 0.4) is 0 Å². The Morgan fingerprint density at radius 1 is 1.25 bits per heavy atom. The second kappa shape index (κ2) is 5.70. The molecule has 1 rings (SSSR count). The van der Waals surface area contributed by atoms with E-state index in [4.69, 9.17) is 0 Å². The maximum absolute atomic E-state index is 4.23. The van der Waals surface area contributed by atoms with E-state index in [0.717, 1.165) is 17.9 Å². The third-order valence-electron chi connectivity index (χ3n) is 1.58. The maximum Gasteiger partial charge on any atom is 0.125 e. The summed E-state index contributed by atoms with van der Waals surface area (Å²) in [5.74, 6) is 0.856. The van der Waals surface area contributed by atoms with Gasteiger partial charge in [-0.25, -0.2) is 9.97 Å². The summed E-state index contributed by atoms with van der Waals surface area (Å²) in [6.07, 6.45) is 2.92. The molecule has 0 aliphatic carbocycles.